The summed E-state index contributed by atoms with van der Waals surface area (Å²) in [6.07, 6.45) is -2.68. The van der Waals surface area contributed by atoms with Crippen molar-refractivity contribution in [3.05, 3.63) is 46.7 Å². The summed E-state index contributed by atoms with van der Waals surface area (Å²) in [5, 5.41) is 3.97. The van der Waals surface area contributed by atoms with Gasteiger partial charge in [0.2, 0.25) is 11.8 Å². The zero-order chi connectivity index (χ0) is 25.0. The molecule has 2 amide bonds. The molecule has 7 nitrogen and oxygen atoms in total. The molecule has 1 aromatic heterocycles. The fourth-order valence-electron chi connectivity index (χ4n) is 4.02. The Hall–Kier alpha value is -2.59. The maximum absolute atomic E-state index is 13.2. The second-order valence-electron chi connectivity index (χ2n) is 8.64. The Labute approximate surface area is 202 Å². The van der Waals surface area contributed by atoms with Crippen LogP contribution >= 0.6 is 11.6 Å². The number of alkyl halides is 3. The molecule has 0 fully saturated rings. The average Bonchev–Trinajstić information content (AvgIpc) is 3.20. The first-order valence-corrected chi connectivity index (χ1v) is 11.5. The van der Waals surface area contributed by atoms with Crippen molar-refractivity contribution < 1.29 is 22.8 Å². The third-order valence-corrected chi connectivity index (χ3v) is 6.11. The Bertz CT molecular complexity index is 1020. The number of carbonyl (C=O) groups excluding carboxylic acids is 2. The van der Waals surface area contributed by atoms with Crippen molar-refractivity contribution in [1.82, 2.24) is 19.6 Å². The lowest BCUT2D eigenvalue weighted by molar-refractivity contribution is -0.142. The van der Waals surface area contributed by atoms with E-state index in [4.69, 9.17) is 11.6 Å². The first kappa shape index (κ1) is 26.0. The van der Waals surface area contributed by atoms with Crippen LogP contribution in [0.5, 0.6) is 0 Å². The fraction of sp³-hybridized carbons (Fsp3) is 0.522. The van der Waals surface area contributed by atoms with E-state index in [9.17, 15) is 22.8 Å². The summed E-state index contributed by atoms with van der Waals surface area (Å²) in [7, 11) is 0. The van der Waals surface area contributed by atoms with E-state index in [2.05, 4.69) is 23.8 Å². The van der Waals surface area contributed by atoms with Crippen LogP contribution in [0.4, 0.5) is 18.9 Å². The number of hydrogen-bond donors (Lipinski definition) is 0. The van der Waals surface area contributed by atoms with Crippen molar-refractivity contribution in [3.63, 3.8) is 0 Å². The van der Waals surface area contributed by atoms with Crippen LogP contribution in [-0.2, 0) is 28.9 Å². The van der Waals surface area contributed by atoms with Gasteiger partial charge < -0.3 is 9.80 Å². The largest absolute Gasteiger partial charge is 0.435 e. The molecule has 0 radical (unpaired) electrons. The summed E-state index contributed by atoms with van der Waals surface area (Å²) in [6.45, 7) is 7.69. The fourth-order valence-corrected chi connectivity index (χ4v) is 4.18. The average molecular weight is 500 g/mol. The highest BCUT2D eigenvalue weighted by Crippen LogP contribution is 2.29. The lowest BCUT2D eigenvalue weighted by atomic mass is 10.1. The first-order chi connectivity index (χ1) is 16.0. The number of rotatable bonds is 3. The first-order valence-electron chi connectivity index (χ1n) is 11.1. The zero-order valence-electron chi connectivity index (χ0n) is 19.5. The van der Waals surface area contributed by atoms with Gasteiger partial charge in [-0.25, -0.2) is 0 Å². The van der Waals surface area contributed by atoms with Gasteiger partial charge in [-0.05, 0) is 44.0 Å². The molecule has 2 heterocycles. The van der Waals surface area contributed by atoms with Crippen molar-refractivity contribution in [2.75, 3.05) is 31.1 Å². The Morgan fingerprint density at radius 2 is 1.85 bits per heavy atom. The summed E-state index contributed by atoms with van der Waals surface area (Å²) < 4.78 is 39.7. The van der Waals surface area contributed by atoms with Crippen molar-refractivity contribution in [2.24, 2.45) is 0 Å². The highest BCUT2D eigenvalue weighted by molar-refractivity contribution is 6.31. The molecule has 0 bridgehead atoms. The standard InChI is InChI=1S/C23H29ClF3N5O2/c1-16(2)29-8-4-9-32(17(3)33)20-13-19(24)6-5-18(20)14-30(12-11-29)22(34)15-31-10-7-21(28-31)23(25,26)27/h5-7,10,13,16H,4,8-9,11-12,14-15H2,1-3H3. The van der Waals surface area contributed by atoms with Crippen LogP contribution in [0.3, 0.4) is 0 Å². The van der Waals surface area contributed by atoms with Gasteiger partial charge in [-0.1, -0.05) is 17.7 Å². The van der Waals surface area contributed by atoms with E-state index in [1.165, 1.54) is 6.92 Å². The third kappa shape index (κ3) is 6.50. The topological polar surface area (TPSA) is 61.7 Å². The van der Waals surface area contributed by atoms with Gasteiger partial charge in [-0.2, -0.15) is 18.3 Å². The summed E-state index contributed by atoms with van der Waals surface area (Å²) in [5.74, 6) is -0.497. The lowest BCUT2D eigenvalue weighted by Crippen LogP contribution is -2.42. The number of benzene rings is 1. The van der Waals surface area contributed by atoms with E-state index in [0.717, 1.165) is 35.5 Å². The SMILES string of the molecule is CC(=O)N1CCCN(C(C)C)CCN(C(=O)Cn2ccc(C(F)(F)F)n2)Cc2ccc(Cl)cc21. The monoisotopic (exact) mass is 499 g/mol. The maximum atomic E-state index is 13.2. The second-order valence-corrected chi connectivity index (χ2v) is 9.08. The Morgan fingerprint density at radius 3 is 2.47 bits per heavy atom. The number of aromatic nitrogens is 2. The quantitative estimate of drug-likeness (QED) is 0.639. The minimum Gasteiger partial charge on any atom is -0.335 e. The van der Waals surface area contributed by atoms with Crippen molar-refractivity contribution in [1.29, 1.82) is 0 Å². The molecule has 1 aromatic carbocycles. The molecule has 1 aliphatic heterocycles. The molecule has 1 aliphatic rings. The molecule has 0 aliphatic carbocycles. The molecule has 0 saturated heterocycles. The maximum Gasteiger partial charge on any atom is 0.435 e. The minimum atomic E-state index is -4.57. The van der Waals surface area contributed by atoms with Gasteiger partial charge in [0, 0.05) is 56.9 Å². The molecule has 0 spiro atoms. The molecular formula is C23H29ClF3N5O2. The van der Waals surface area contributed by atoms with Gasteiger partial charge in [0.1, 0.15) is 6.54 Å². The highest BCUT2D eigenvalue weighted by Gasteiger charge is 2.34. The van der Waals surface area contributed by atoms with Crippen LogP contribution in [0.15, 0.2) is 30.5 Å². The number of anilines is 1. The van der Waals surface area contributed by atoms with Crippen LogP contribution in [0.25, 0.3) is 0 Å². The van der Waals surface area contributed by atoms with Crippen molar-refractivity contribution in [2.45, 2.75) is 52.5 Å². The predicted octanol–water partition coefficient (Wildman–Crippen LogP) is 4.05. The van der Waals surface area contributed by atoms with Crippen LogP contribution < -0.4 is 4.90 Å². The number of hydrogen-bond acceptors (Lipinski definition) is 4. The molecule has 0 saturated carbocycles. The normalized spacial score (nSPS) is 16.4. The van der Waals surface area contributed by atoms with Crippen LogP contribution in [0, 0.1) is 0 Å². The van der Waals surface area contributed by atoms with Gasteiger partial charge in [0.15, 0.2) is 5.69 Å². The second kappa shape index (κ2) is 10.8. The molecule has 3 rings (SSSR count). The van der Waals surface area contributed by atoms with E-state index in [0.29, 0.717) is 30.3 Å². The summed E-state index contributed by atoms with van der Waals surface area (Å²) >= 11 is 6.23. The van der Waals surface area contributed by atoms with Crippen LogP contribution in [0.1, 0.15) is 38.4 Å². The zero-order valence-corrected chi connectivity index (χ0v) is 20.2. The van der Waals surface area contributed by atoms with E-state index < -0.39 is 11.9 Å². The molecule has 0 atom stereocenters. The highest BCUT2D eigenvalue weighted by atomic mass is 35.5. The Morgan fingerprint density at radius 1 is 1.12 bits per heavy atom. The molecule has 0 unspecified atom stereocenters. The summed E-state index contributed by atoms with van der Waals surface area (Å²) in [6, 6.07) is 6.26. The van der Waals surface area contributed by atoms with Gasteiger partial charge >= 0.3 is 6.18 Å². The molecule has 186 valence electrons. The molecular weight excluding hydrogens is 471 g/mol. The minimum absolute atomic E-state index is 0.132. The van der Waals surface area contributed by atoms with Crippen molar-refractivity contribution in [3.8, 4) is 0 Å². The van der Waals surface area contributed by atoms with Gasteiger partial charge in [0.05, 0.1) is 5.69 Å². The Balaban J connectivity index is 1.92. The Kier molecular flexibility index (Phi) is 8.25. The van der Waals surface area contributed by atoms with E-state index in [-0.39, 0.29) is 30.9 Å². The molecule has 11 heteroatoms. The van der Waals surface area contributed by atoms with E-state index in [1.54, 1.807) is 28.0 Å². The number of carbonyl (C=O) groups is 2. The smallest absolute Gasteiger partial charge is 0.335 e. The number of nitrogens with zero attached hydrogens (tertiary/aromatic N) is 5. The van der Waals surface area contributed by atoms with E-state index >= 15 is 0 Å². The summed E-state index contributed by atoms with van der Waals surface area (Å²) in [4.78, 5) is 31.1. The van der Waals surface area contributed by atoms with Crippen LogP contribution in [-0.4, -0.2) is 63.6 Å². The molecule has 0 N–H and O–H groups in total. The van der Waals surface area contributed by atoms with Gasteiger partial charge in [0.25, 0.3) is 0 Å². The van der Waals surface area contributed by atoms with Crippen molar-refractivity contribution >= 4 is 29.1 Å². The predicted molar refractivity (Wildman–Crippen MR) is 123 cm³/mol. The van der Waals surface area contributed by atoms with E-state index in [1.807, 2.05) is 0 Å². The van der Waals surface area contributed by atoms with Gasteiger partial charge in [-0.15, -0.1) is 0 Å². The van der Waals surface area contributed by atoms with Gasteiger partial charge in [-0.3, -0.25) is 19.2 Å². The molecule has 2 aromatic rings. The summed E-state index contributed by atoms with van der Waals surface area (Å²) in [5.41, 5.74) is 0.331. The number of halogens is 4. The third-order valence-electron chi connectivity index (χ3n) is 5.87. The van der Waals surface area contributed by atoms with Crippen LogP contribution in [0.2, 0.25) is 5.02 Å². The lowest BCUT2D eigenvalue weighted by Gasteiger charge is -2.30. The number of amides is 2. The number of fused-ring (bicyclic) bond motifs is 1. The molecule has 34 heavy (non-hydrogen) atoms.